The second kappa shape index (κ2) is 7.66. The molecule has 5 rings (SSSR count). The fourth-order valence-electron chi connectivity index (χ4n) is 4.78. The molecule has 2 fully saturated rings. The van der Waals surface area contributed by atoms with Gasteiger partial charge in [-0.25, -0.2) is 13.9 Å². The Bertz CT molecular complexity index is 1080. The van der Waals surface area contributed by atoms with Crippen molar-refractivity contribution in [1.29, 1.82) is 0 Å². The molecule has 3 aromatic rings. The molecule has 1 saturated heterocycles. The lowest BCUT2D eigenvalue weighted by molar-refractivity contribution is 0.0931. The van der Waals surface area contributed by atoms with E-state index in [0.29, 0.717) is 17.1 Å². The number of hydrogen-bond donors (Lipinski definition) is 1. The van der Waals surface area contributed by atoms with Crippen LogP contribution in [0.25, 0.3) is 5.65 Å². The van der Waals surface area contributed by atoms with Crippen molar-refractivity contribution >= 4 is 17.4 Å². The molecule has 3 aromatic heterocycles. The minimum atomic E-state index is -0.335. The van der Waals surface area contributed by atoms with Crippen molar-refractivity contribution in [1.82, 2.24) is 24.9 Å². The Labute approximate surface area is 174 Å². The summed E-state index contributed by atoms with van der Waals surface area (Å²) in [5, 5.41) is 7.46. The molecule has 0 radical (unpaired) electrons. The summed E-state index contributed by atoms with van der Waals surface area (Å²) in [6.45, 7) is 3.00. The zero-order valence-electron chi connectivity index (χ0n) is 17.0. The van der Waals surface area contributed by atoms with E-state index in [1.54, 1.807) is 16.9 Å². The fourth-order valence-corrected chi connectivity index (χ4v) is 4.78. The van der Waals surface area contributed by atoms with Crippen LogP contribution in [0, 0.1) is 11.7 Å². The molecule has 3 unspecified atom stereocenters. The number of halogens is 1. The molecule has 1 aliphatic carbocycles. The molecule has 0 bridgehead atoms. The normalized spacial score (nSPS) is 23.9. The Morgan fingerprint density at radius 1 is 1.20 bits per heavy atom. The summed E-state index contributed by atoms with van der Waals surface area (Å²) >= 11 is 0. The van der Waals surface area contributed by atoms with Crippen LogP contribution in [-0.2, 0) is 0 Å². The molecular weight excluding hydrogens is 383 g/mol. The lowest BCUT2D eigenvalue weighted by Gasteiger charge is -2.26. The third-order valence-corrected chi connectivity index (χ3v) is 6.43. The maximum atomic E-state index is 13.7. The van der Waals surface area contributed by atoms with Crippen LogP contribution in [0.3, 0.4) is 0 Å². The van der Waals surface area contributed by atoms with Gasteiger partial charge in [0.05, 0.1) is 18.4 Å². The Hall–Kier alpha value is -3.03. The maximum Gasteiger partial charge on any atom is 0.256 e. The second-order valence-electron chi connectivity index (χ2n) is 8.39. The van der Waals surface area contributed by atoms with E-state index < -0.39 is 0 Å². The van der Waals surface area contributed by atoms with Gasteiger partial charge in [0.25, 0.3) is 5.91 Å². The first kappa shape index (κ1) is 19.0. The number of aromatic nitrogens is 4. The van der Waals surface area contributed by atoms with E-state index >= 15 is 0 Å². The highest BCUT2D eigenvalue weighted by Crippen LogP contribution is 2.35. The van der Waals surface area contributed by atoms with Gasteiger partial charge in [-0.15, -0.1) is 0 Å². The predicted molar refractivity (Wildman–Crippen MR) is 111 cm³/mol. The van der Waals surface area contributed by atoms with Crippen LogP contribution in [0.2, 0.25) is 0 Å². The molecule has 2 aliphatic rings. The molecule has 1 amide bonds. The molecule has 1 N–H and O–H groups in total. The first-order chi connectivity index (χ1) is 14.6. The third kappa shape index (κ3) is 3.40. The third-order valence-electron chi connectivity index (χ3n) is 6.43. The molecule has 0 aromatic carbocycles. The van der Waals surface area contributed by atoms with Gasteiger partial charge in [-0.3, -0.25) is 9.78 Å². The van der Waals surface area contributed by atoms with Crippen molar-refractivity contribution in [2.45, 2.75) is 51.1 Å². The highest BCUT2D eigenvalue weighted by molar-refractivity contribution is 6.00. The molecule has 7 nitrogen and oxygen atoms in total. The minimum Gasteiger partial charge on any atom is -0.349 e. The van der Waals surface area contributed by atoms with E-state index in [1.807, 2.05) is 12.3 Å². The van der Waals surface area contributed by atoms with Gasteiger partial charge in [-0.05, 0) is 49.3 Å². The van der Waals surface area contributed by atoms with E-state index in [-0.39, 0.29) is 23.8 Å². The summed E-state index contributed by atoms with van der Waals surface area (Å²) in [4.78, 5) is 23.8. The van der Waals surface area contributed by atoms with E-state index in [4.69, 9.17) is 4.98 Å². The maximum absolute atomic E-state index is 13.7. The summed E-state index contributed by atoms with van der Waals surface area (Å²) in [7, 11) is 0. The molecule has 0 spiro atoms. The van der Waals surface area contributed by atoms with Crippen LogP contribution in [0.4, 0.5) is 10.2 Å². The predicted octanol–water partition coefficient (Wildman–Crippen LogP) is 3.52. The van der Waals surface area contributed by atoms with Crippen molar-refractivity contribution in [3.05, 3.63) is 53.9 Å². The highest BCUT2D eigenvalue weighted by atomic mass is 19.1. The average molecular weight is 408 g/mol. The molecule has 8 heteroatoms. The van der Waals surface area contributed by atoms with Crippen molar-refractivity contribution in [2.75, 3.05) is 11.4 Å². The van der Waals surface area contributed by atoms with Crippen molar-refractivity contribution in [2.24, 2.45) is 5.92 Å². The summed E-state index contributed by atoms with van der Waals surface area (Å²) in [6, 6.07) is 3.66. The van der Waals surface area contributed by atoms with E-state index in [2.05, 4.69) is 27.2 Å². The smallest absolute Gasteiger partial charge is 0.256 e. The zero-order valence-corrected chi connectivity index (χ0v) is 17.0. The molecule has 1 aliphatic heterocycles. The van der Waals surface area contributed by atoms with E-state index in [1.165, 1.54) is 12.3 Å². The number of carbonyl (C=O) groups excluding carboxylic acids is 1. The van der Waals surface area contributed by atoms with Gasteiger partial charge >= 0.3 is 0 Å². The number of fused-ring (bicyclic) bond motifs is 1. The molecule has 30 heavy (non-hydrogen) atoms. The first-order valence-corrected chi connectivity index (χ1v) is 10.6. The highest BCUT2D eigenvalue weighted by Gasteiger charge is 2.29. The SMILES string of the molecule is CC1CCCC1NC(=O)c1cnn2ccc(N3CCCC3c3cncc(F)c3)nc12. The van der Waals surface area contributed by atoms with Gasteiger partial charge < -0.3 is 10.2 Å². The average Bonchev–Trinajstić information content (AvgIpc) is 3.47. The van der Waals surface area contributed by atoms with Gasteiger partial charge in [0.15, 0.2) is 5.65 Å². The van der Waals surface area contributed by atoms with Crippen molar-refractivity contribution in [3.8, 4) is 0 Å². The number of nitrogens with one attached hydrogen (secondary N) is 1. The van der Waals surface area contributed by atoms with Gasteiger partial charge in [0, 0.05) is 25.0 Å². The number of hydrogen-bond acceptors (Lipinski definition) is 5. The van der Waals surface area contributed by atoms with Crippen molar-refractivity contribution < 1.29 is 9.18 Å². The zero-order chi connectivity index (χ0) is 20.7. The number of carbonyl (C=O) groups is 1. The number of pyridine rings is 1. The topological polar surface area (TPSA) is 75.4 Å². The Kier molecular flexibility index (Phi) is 4.84. The van der Waals surface area contributed by atoms with Gasteiger partial charge in [0.2, 0.25) is 0 Å². The molecule has 156 valence electrons. The van der Waals surface area contributed by atoms with E-state index in [0.717, 1.165) is 50.0 Å². The summed E-state index contributed by atoms with van der Waals surface area (Å²) in [5.74, 6) is 0.793. The van der Waals surface area contributed by atoms with Crippen LogP contribution >= 0.6 is 0 Å². The summed E-state index contributed by atoms with van der Waals surface area (Å²) < 4.78 is 15.3. The van der Waals surface area contributed by atoms with Crippen molar-refractivity contribution in [3.63, 3.8) is 0 Å². The quantitative estimate of drug-likeness (QED) is 0.715. The first-order valence-electron chi connectivity index (χ1n) is 10.6. The minimum absolute atomic E-state index is 0.0164. The van der Waals surface area contributed by atoms with Gasteiger partial charge in [-0.1, -0.05) is 13.3 Å². The lowest BCUT2D eigenvalue weighted by Crippen LogP contribution is -2.36. The Morgan fingerprint density at radius 3 is 2.90 bits per heavy atom. The van der Waals surface area contributed by atoms with Crippen LogP contribution in [-0.4, -0.2) is 38.1 Å². The monoisotopic (exact) mass is 408 g/mol. The molecule has 4 heterocycles. The Balaban J connectivity index is 1.44. The largest absolute Gasteiger partial charge is 0.349 e. The Morgan fingerprint density at radius 2 is 2.10 bits per heavy atom. The van der Waals surface area contributed by atoms with Crippen LogP contribution < -0.4 is 10.2 Å². The summed E-state index contributed by atoms with van der Waals surface area (Å²) in [6.07, 6.45) is 11.5. The van der Waals surface area contributed by atoms with Gasteiger partial charge in [-0.2, -0.15) is 5.10 Å². The van der Waals surface area contributed by atoms with Crippen LogP contribution in [0.1, 0.15) is 61.0 Å². The van der Waals surface area contributed by atoms with Crippen LogP contribution in [0.5, 0.6) is 0 Å². The number of rotatable bonds is 4. The van der Waals surface area contributed by atoms with E-state index in [9.17, 15) is 9.18 Å². The molecular formula is C22H25FN6O. The van der Waals surface area contributed by atoms with Crippen LogP contribution in [0.15, 0.2) is 36.9 Å². The number of anilines is 1. The fraction of sp³-hybridized carbons (Fsp3) is 0.455. The standard InChI is InChI=1S/C22H25FN6O/c1-14-4-2-5-18(14)26-22(30)17-13-25-29-9-7-20(27-21(17)29)28-8-3-6-19(28)15-10-16(23)12-24-11-15/h7,9-14,18-19H,2-6,8H2,1H3,(H,26,30). The lowest BCUT2D eigenvalue weighted by atomic mass is 10.1. The van der Waals surface area contributed by atoms with Gasteiger partial charge in [0.1, 0.15) is 17.2 Å². The second-order valence-corrected chi connectivity index (χ2v) is 8.39. The molecule has 1 saturated carbocycles. The number of amides is 1. The number of nitrogens with zero attached hydrogens (tertiary/aromatic N) is 5. The molecule has 3 atom stereocenters. The summed E-state index contributed by atoms with van der Waals surface area (Å²) in [5.41, 5.74) is 1.87.